The molecule has 1 aromatic heterocycles. The van der Waals surface area contributed by atoms with Crippen LogP contribution in [0.1, 0.15) is 25.8 Å². The Morgan fingerprint density at radius 1 is 1.33 bits per heavy atom. The second-order valence-corrected chi connectivity index (χ2v) is 6.39. The third-order valence-corrected chi connectivity index (χ3v) is 5.16. The van der Waals surface area contributed by atoms with Gasteiger partial charge in [0.05, 0.1) is 5.57 Å². The van der Waals surface area contributed by atoms with Crippen molar-refractivity contribution in [1.82, 2.24) is 15.1 Å². The van der Waals surface area contributed by atoms with Crippen molar-refractivity contribution in [3.8, 4) is 0 Å². The van der Waals surface area contributed by atoms with Crippen LogP contribution in [-0.2, 0) is 9.59 Å². The number of carboxylic acids is 2. The number of hydrogen-bond acceptors (Lipinski definition) is 4. The second-order valence-electron chi connectivity index (χ2n) is 6.39. The lowest BCUT2D eigenvalue weighted by Gasteiger charge is -2.44. The Labute approximate surface area is 139 Å². The van der Waals surface area contributed by atoms with Crippen LogP contribution < -0.4 is 5.32 Å². The van der Waals surface area contributed by atoms with Crippen molar-refractivity contribution in [2.24, 2.45) is 11.3 Å². The van der Waals surface area contributed by atoms with Crippen LogP contribution in [0.15, 0.2) is 41.8 Å². The van der Waals surface area contributed by atoms with Crippen molar-refractivity contribution < 1.29 is 19.8 Å². The average molecular weight is 331 g/mol. The molecule has 0 saturated carbocycles. The molecule has 2 aliphatic rings. The van der Waals surface area contributed by atoms with Crippen LogP contribution in [0, 0.1) is 11.3 Å². The van der Waals surface area contributed by atoms with Gasteiger partial charge in [0.1, 0.15) is 11.5 Å². The molecule has 3 N–H and O–H groups in total. The van der Waals surface area contributed by atoms with Crippen LogP contribution in [0.25, 0.3) is 0 Å². The van der Waals surface area contributed by atoms with E-state index in [-0.39, 0.29) is 11.5 Å². The molecule has 1 aliphatic carbocycles. The molecule has 0 bridgehead atoms. The molecule has 2 unspecified atom stereocenters. The SMILES string of the molecule is CC1=C(C(=O)O)C(n2cccn2)C(C(=O)O)(C2CCNCC2)C=C1. The standard InChI is InChI=1S/C17H21N3O4/c1-11-3-6-17(16(23)24,12-4-8-18-9-5-12)14(13(11)15(21)22)20-10-2-7-19-20/h2-3,6-7,10,12,14,18H,4-5,8-9H2,1H3,(H,21,22)(H,23,24). The highest BCUT2D eigenvalue weighted by Crippen LogP contribution is 2.51. The normalized spacial score (nSPS) is 28.1. The predicted octanol–water partition coefficient (Wildman–Crippen LogP) is 1.47. The number of aliphatic carboxylic acids is 2. The van der Waals surface area contributed by atoms with Crippen LogP contribution >= 0.6 is 0 Å². The quantitative estimate of drug-likeness (QED) is 0.772. The van der Waals surface area contributed by atoms with E-state index in [1.807, 2.05) is 0 Å². The fourth-order valence-corrected chi connectivity index (χ4v) is 3.99. The minimum Gasteiger partial charge on any atom is -0.481 e. The molecule has 24 heavy (non-hydrogen) atoms. The first-order chi connectivity index (χ1) is 11.5. The molecule has 2 atom stereocenters. The summed E-state index contributed by atoms with van der Waals surface area (Å²) in [5.41, 5.74) is -0.655. The molecule has 7 heteroatoms. The molecule has 3 rings (SSSR count). The predicted molar refractivity (Wildman–Crippen MR) is 86.4 cm³/mol. The van der Waals surface area contributed by atoms with Crippen molar-refractivity contribution in [3.05, 3.63) is 41.8 Å². The first-order valence-electron chi connectivity index (χ1n) is 8.05. The summed E-state index contributed by atoms with van der Waals surface area (Å²) in [4.78, 5) is 24.4. The fraction of sp³-hybridized carbons (Fsp3) is 0.471. The molecule has 1 fully saturated rings. The largest absolute Gasteiger partial charge is 0.481 e. The summed E-state index contributed by atoms with van der Waals surface area (Å²) in [6.45, 7) is 3.15. The van der Waals surface area contributed by atoms with Gasteiger partial charge in [-0.15, -0.1) is 0 Å². The average Bonchev–Trinajstić information content (AvgIpc) is 3.09. The van der Waals surface area contributed by atoms with Crippen LogP contribution in [0.4, 0.5) is 0 Å². The van der Waals surface area contributed by atoms with E-state index >= 15 is 0 Å². The van der Waals surface area contributed by atoms with Gasteiger partial charge < -0.3 is 15.5 Å². The van der Waals surface area contributed by atoms with E-state index in [1.54, 1.807) is 37.5 Å². The number of hydrogen-bond donors (Lipinski definition) is 3. The number of aromatic nitrogens is 2. The monoisotopic (exact) mass is 331 g/mol. The van der Waals surface area contributed by atoms with E-state index < -0.39 is 23.4 Å². The number of nitrogens with zero attached hydrogens (tertiary/aromatic N) is 2. The minimum absolute atomic E-state index is 0.0992. The van der Waals surface area contributed by atoms with Crippen molar-refractivity contribution in [3.63, 3.8) is 0 Å². The topological polar surface area (TPSA) is 104 Å². The van der Waals surface area contributed by atoms with Crippen molar-refractivity contribution in [2.45, 2.75) is 25.8 Å². The van der Waals surface area contributed by atoms with Crippen molar-refractivity contribution >= 4 is 11.9 Å². The Kier molecular flexibility index (Phi) is 4.28. The van der Waals surface area contributed by atoms with Gasteiger partial charge in [-0.2, -0.15) is 5.10 Å². The van der Waals surface area contributed by atoms with Gasteiger partial charge in [-0.05, 0) is 50.4 Å². The van der Waals surface area contributed by atoms with Gasteiger partial charge in [0.2, 0.25) is 0 Å². The molecule has 1 aliphatic heterocycles. The molecule has 128 valence electrons. The Morgan fingerprint density at radius 2 is 2.04 bits per heavy atom. The highest BCUT2D eigenvalue weighted by Gasteiger charge is 2.55. The lowest BCUT2D eigenvalue weighted by atomic mass is 9.62. The van der Waals surface area contributed by atoms with E-state index in [0.717, 1.165) is 13.1 Å². The molecular weight excluding hydrogens is 310 g/mol. The molecule has 2 heterocycles. The van der Waals surface area contributed by atoms with Crippen molar-refractivity contribution in [2.75, 3.05) is 13.1 Å². The van der Waals surface area contributed by atoms with Crippen LogP contribution in [0.2, 0.25) is 0 Å². The van der Waals surface area contributed by atoms with E-state index in [2.05, 4.69) is 10.4 Å². The lowest BCUT2D eigenvalue weighted by molar-refractivity contribution is -0.153. The smallest absolute Gasteiger partial charge is 0.334 e. The maximum absolute atomic E-state index is 12.4. The van der Waals surface area contributed by atoms with Gasteiger partial charge in [0, 0.05) is 12.4 Å². The Hall–Kier alpha value is -2.41. The number of allylic oxidation sites excluding steroid dienone is 2. The summed E-state index contributed by atoms with van der Waals surface area (Å²) in [6.07, 6.45) is 7.86. The molecule has 1 aromatic rings. The van der Waals surface area contributed by atoms with Gasteiger partial charge >= 0.3 is 11.9 Å². The van der Waals surface area contributed by atoms with E-state index in [0.29, 0.717) is 18.4 Å². The molecule has 0 radical (unpaired) electrons. The lowest BCUT2D eigenvalue weighted by Crippen LogP contribution is -2.50. The highest BCUT2D eigenvalue weighted by molar-refractivity contribution is 5.93. The third-order valence-electron chi connectivity index (χ3n) is 5.16. The van der Waals surface area contributed by atoms with Gasteiger partial charge in [-0.1, -0.05) is 12.2 Å². The minimum atomic E-state index is -1.32. The Balaban J connectivity index is 2.21. The maximum atomic E-state index is 12.4. The molecular formula is C17H21N3O4. The van der Waals surface area contributed by atoms with E-state index in [4.69, 9.17) is 0 Å². The molecule has 7 nitrogen and oxygen atoms in total. The summed E-state index contributed by atoms with van der Waals surface area (Å²) < 4.78 is 1.48. The molecule has 0 spiro atoms. The maximum Gasteiger partial charge on any atom is 0.334 e. The van der Waals surface area contributed by atoms with E-state index in [1.165, 1.54) is 4.68 Å². The zero-order valence-electron chi connectivity index (χ0n) is 13.5. The van der Waals surface area contributed by atoms with Gasteiger partial charge in [-0.25, -0.2) is 4.79 Å². The van der Waals surface area contributed by atoms with E-state index in [9.17, 15) is 19.8 Å². The zero-order chi connectivity index (χ0) is 17.3. The van der Waals surface area contributed by atoms with Gasteiger partial charge in [0.25, 0.3) is 0 Å². The zero-order valence-corrected chi connectivity index (χ0v) is 13.5. The van der Waals surface area contributed by atoms with Crippen molar-refractivity contribution in [1.29, 1.82) is 0 Å². The van der Waals surface area contributed by atoms with Crippen LogP contribution in [-0.4, -0.2) is 45.0 Å². The fourth-order valence-electron chi connectivity index (χ4n) is 3.99. The third kappa shape index (κ3) is 2.45. The molecule has 1 saturated heterocycles. The summed E-state index contributed by atoms with van der Waals surface area (Å²) in [7, 11) is 0. The Morgan fingerprint density at radius 3 is 2.58 bits per heavy atom. The summed E-state index contributed by atoms with van der Waals surface area (Å²) in [5.74, 6) is -2.27. The number of carboxylic acid groups (broad SMARTS) is 2. The number of nitrogens with one attached hydrogen (secondary N) is 1. The molecule has 0 amide bonds. The number of carbonyl (C=O) groups is 2. The Bertz CT molecular complexity index is 701. The molecule has 0 aromatic carbocycles. The first-order valence-corrected chi connectivity index (χ1v) is 8.05. The van der Waals surface area contributed by atoms with Crippen LogP contribution in [0.3, 0.4) is 0 Å². The summed E-state index contributed by atoms with van der Waals surface area (Å²) >= 11 is 0. The van der Waals surface area contributed by atoms with Crippen LogP contribution in [0.5, 0.6) is 0 Å². The second kappa shape index (κ2) is 6.24. The highest BCUT2D eigenvalue weighted by atomic mass is 16.4. The number of piperidine rings is 1. The number of rotatable bonds is 4. The van der Waals surface area contributed by atoms with Gasteiger partial charge in [-0.3, -0.25) is 9.48 Å². The summed E-state index contributed by atoms with van der Waals surface area (Å²) in [6, 6.07) is 0.818. The first kappa shape index (κ1) is 16.4. The summed E-state index contributed by atoms with van der Waals surface area (Å²) in [5, 5.41) is 27.3. The van der Waals surface area contributed by atoms with Gasteiger partial charge in [0.15, 0.2) is 0 Å².